The van der Waals surface area contributed by atoms with Gasteiger partial charge in [-0.3, -0.25) is 9.59 Å². The highest BCUT2D eigenvalue weighted by Crippen LogP contribution is 2.39. The third-order valence-electron chi connectivity index (χ3n) is 8.75. The van der Waals surface area contributed by atoms with Crippen molar-refractivity contribution in [3.8, 4) is 0 Å². The molecule has 5 N–H and O–H groups in total. The van der Waals surface area contributed by atoms with Crippen LogP contribution in [0, 0.1) is 6.92 Å². The quantitative estimate of drug-likeness (QED) is 0.0828. The number of halogens is 5. The molecule has 11 nitrogen and oxygen atoms in total. The fourth-order valence-corrected chi connectivity index (χ4v) is 7.65. The van der Waals surface area contributed by atoms with Crippen LogP contribution in [-0.4, -0.2) is 44.1 Å². The lowest BCUT2D eigenvalue weighted by Gasteiger charge is -2.15. The zero-order valence-corrected chi connectivity index (χ0v) is 35.4. The summed E-state index contributed by atoms with van der Waals surface area (Å²) in [5, 5.41) is 20.4. The SMILES string of the molecule is CCCCCCCCCCCCCC(=O)Nc1ccc(NC2=NN(c3c(Cl)cc(Cl)cc3Cl)C(=O)/C2=N/c2cc(C)c(NCCS(N)(=O)=O)cc2Cl)c(Cl)c1. The van der Waals surface area contributed by atoms with Crippen molar-refractivity contribution in [3.05, 3.63) is 73.1 Å². The van der Waals surface area contributed by atoms with Crippen LogP contribution in [0.2, 0.25) is 25.1 Å². The molecule has 298 valence electrons. The Morgan fingerprint density at radius 2 is 1.44 bits per heavy atom. The number of unbranched alkanes of at least 4 members (excludes halogenated alkanes) is 10. The van der Waals surface area contributed by atoms with Gasteiger partial charge in [-0.15, -0.1) is 5.10 Å². The third kappa shape index (κ3) is 13.8. The summed E-state index contributed by atoms with van der Waals surface area (Å²) in [6, 6.07) is 11.0. The summed E-state index contributed by atoms with van der Waals surface area (Å²) >= 11 is 32.4. The molecular weight excluding hydrogens is 828 g/mol. The highest BCUT2D eigenvalue weighted by Gasteiger charge is 2.36. The van der Waals surface area contributed by atoms with Gasteiger partial charge in [0.15, 0.2) is 11.5 Å². The number of hydrogen-bond donors (Lipinski definition) is 4. The average Bonchev–Trinajstić information content (AvgIpc) is 3.39. The van der Waals surface area contributed by atoms with Gasteiger partial charge in [-0.05, 0) is 61.4 Å². The number of amidine groups is 1. The predicted molar refractivity (Wildman–Crippen MR) is 231 cm³/mol. The van der Waals surface area contributed by atoms with Crippen LogP contribution >= 0.6 is 58.0 Å². The Morgan fingerprint density at radius 1 is 0.818 bits per heavy atom. The first-order chi connectivity index (χ1) is 26.2. The minimum absolute atomic E-state index is 0.00587. The summed E-state index contributed by atoms with van der Waals surface area (Å²) in [5.41, 5.74) is 2.28. The third-order valence-corrected chi connectivity index (χ3v) is 10.9. The number of hydrogen-bond acceptors (Lipinski definition) is 8. The summed E-state index contributed by atoms with van der Waals surface area (Å²) in [7, 11) is -3.67. The number of aliphatic imine (C=N–C) groups is 1. The number of benzene rings is 3. The minimum Gasteiger partial charge on any atom is -0.384 e. The van der Waals surface area contributed by atoms with Crippen molar-refractivity contribution in [2.45, 2.75) is 90.9 Å². The second-order valence-electron chi connectivity index (χ2n) is 13.3. The average molecular weight is 874 g/mol. The van der Waals surface area contributed by atoms with Crippen LogP contribution in [0.1, 0.15) is 89.5 Å². The van der Waals surface area contributed by atoms with Crippen LogP contribution in [-0.2, 0) is 19.6 Å². The van der Waals surface area contributed by atoms with Gasteiger partial charge in [-0.2, -0.15) is 5.01 Å². The van der Waals surface area contributed by atoms with Gasteiger partial charge in [-0.25, -0.2) is 18.5 Å². The molecule has 0 aliphatic carbocycles. The second-order valence-corrected chi connectivity index (χ2v) is 17.1. The van der Waals surface area contributed by atoms with E-state index < -0.39 is 15.9 Å². The number of rotatable bonds is 20. The fourth-order valence-electron chi connectivity index (χ4n) is 5.85. The van der Waals surface area contributed by atoms with E-state index in [1.807, 2.05) is 0 Å². The van der Waals surface area contributed by atoms with Crippen molar-refractivity contribution in [2.75, 3.05) is 33.3 Å². The number of carbonyl (C=O) groups excluding carboxylic acids is 2. The van der Waals surface area contributed by atoms with Crippen molar-refractivity contribution < 1.29 is 18.0 Å². The number of nitrogens with two attached hydrogens (primary N) is 1. The molecule has 0 radical (unpaired) electrons. The zero-order valence-electron chi connectivity index (χ0n) is 30.8. The molecule has 55 heavy (non-hydrogen) atoms. The van der Waals surface area contributed by atoms with E-state index in [0.717, 1.165) is 24.3 Å². The summed E-state index contributed by atoms with van der Waals surface area (Å²) in [4.78, 5) is 31.2. The predicted octanol–water partition coefficient (Wildman–Crippen LogP) is 11.1. The number of hydrazone groups is 1. The van der Waals surface area contributed by atoms with Crippen molar-refractivity contribution >= 4 is 120 Å². The Hall–Kier alpha value is -3.10. The van der Waals surface area contributed by atoms with Gasteiger partial charge in [0, 0.05) is 29.4 Å². The Balaban J connectivity index is 1.47. The van der Waals surface area contributed by atoms with Gasteiger partial charge in [0.2, 0.25) is 15.9 Å². The lowest BCUT2D eigenvalue weighted by atomic mass is 10.1. The maximum atomic E-state index is 14.0. The summed E-state index contributed by atoms with van der Waals surface area (Å²) in [6.45, 7) is 4.05. The number of nitrogens with zero attached hydrogens (tertiary/aromatic N) is 3. The highest BCUT2D eigenvalue weighted by atomic mass is 35.5. The van der Waals surface area contributed by atoms with Crippen LogP contribution in [0.25, 0.3) is 0 Å². The van der Waals surface area contributed by atoms with E-state index in [9.17, 15) is 18.0 Å². The largest absolute Gasteiger partial charge is 0.384 e. The smallest absolute Gasteiger partial charge is 0.301 e. The molecular formula is C38H46Cl5N7O4S. The molecule has 0 spiro atoms. The van der Waals surface area contributed by atoms with E-state index in [0.29, 0.717) is 29.0 Å². The molecule has 1 heterocycles. The van der Waals surface area contributed by atoms with Crippen molar-refractivity contribution in [3.63, 3.8) is 0 Å². The number of carbonyl (C=O) groups is 2. The van der Waals surface area contributed by atoms with Gasteiger partial charge in [-0.1, -0.05) is 129 Å². The van der Waals surface area contributed by atoms with Crippen LogP contribution in [0.4, 0.5) is 28.4 Å². The topological polar surface area (TPSA) is 158 Å². The molecule has 4 rings (SSSR count). The molecule has 3 aromatic carbocycles. The minimum atomic E-state index is -3.67. The van der Waals surface area contributed by atoms with Gasteiger partial charge in [0.25, 0.3) is 0 Å². The van der Waals surface area contributed by atoms with Crippen LogP contribution in [0.15, 0.2) is 52.6 Å². The van der Waals surface area contributed by atoms with Gasteiger partial charge in [0.1, 0.15) is 5.69 Å². The number of anilines is 4. The van der Waals surface area contributed by atoms with E-state index >= 15 is 0 Å². The number of nitrogens with one attached hydrogen (secondary N) is 3. The Kier molecular flexibility index (Phi) is 17.4. The molecule has 0 aromatic heterocycles. The number of aryl methyl sites for hydroxylation is 1. The molecule has 17 heteroatoms. The first-order valence-electron chi connectivity index (χ1n) is 18.2. The van der Waals surface area contributed by atoms with Crippen molar-refractivity contribution in [1.29, 1.82) is 0 Å². The maximum Gasteiger partial charge on any atom is 0.301 e. The monoisotopic (exact) mass is 871 g/mol. The second kappa shape index (κ2) is 21.4. The van der Waals surface area contributed by atoms with E-state index in [2.05, 4.69) is 33.0 Å². The molecule has 1 aliphatic rings. The van der Waals surface area contributed by atoms with Crippen molar-refractivity contribution in [2.24, 2.45) is 15.2 Å². The summed E-state index contributed by atoms with van der Waals surface area (Å²) in [6.07, 6.45) is 13.6. The Morgan fingerprint density at radius 3 is 2.04 bits per heavy atom. The molecule has 2 amide bonds. The van der Waals surface area contributed by atoms with Gasteiger partial charge >= 0.3 is 5.91 Å². The number of sulfonamides is 1. The summed E-state index contributed by atoms with van der Waals surface area (Å²) < 4.78 is 22.7. The molecule has 0 bridgehead atoms. The first-order valence-corrected chi connectivity index (χ1v) is 21.8. The number of primary sulfonamides is 1. The van der Waals surface area contributed by atoms with Gasteiger partial charge in [0.05, 0.1) is 37.2 Å². The van der Waals surface area contributed by atoms with Crippen LogP contribution < -0.4 is 26.1 Å². The fraction of sp³-hybridized carbons (Fsp3) is 0.421. The standard InChI is InChI=1S/C38H46Cl5N7O4S/c1-3-4-5-6-7-8-9-10-11-12-13-14-34(51)46-26-15-16-31(27(40)22-26)48-37-35(38(52)50(49-37)36-29(42)20-25(39)21-30(36)43)47-33-19-24(2)32(23-28(33)41)45-17-18-55(44,53)54/h15-16,19-23,45H,3-14,17-18H2,1-2H3,(H,46,51)(H,48,49)(H2,44,53,54)/b47-35+. The van der Waals surface area contributed by atoms with E-state index in [1.165, 1.54) is 63.5 Å². The highest BCUT2D eigenvalue weighted by molar-refractivity contribution is 7.89. The Labute approximate surface area is 348 Å². The Bertz CT molecular complexity index is 2000. The first kappa shape index (κ1) is 44.6. The molecule has 0 unspecified atom stereocenters. The maximum absolute atomic E-state index is 14.0. The summed E-state index contributed by atoms with van der Waals surface area (Å²) in [5.74, 6) is -1.06. The zero-order chi connectivity index (χ0) is 40.1. The molecule has 0 fully saturated rings. The lowest BCUT2D eigenvalue weighted by Crippen LogP contribution is -2.30. The van der Waals surface area contributed by atoms with Crippen LogP contribution in [0.3, 0.4) is 0 Å². The normalized spacial score (nSPS) is 13.7. The molecule has 0 saturated heterocycles. The van der Waals surface area contributed by atoms with E-state index in [1.54, 1.807) is 37.3 Å². The number of amides is 2. The van der Waals surface area contributed by atoms with Crippen molar-refractivity contribution in [1.82, 2.24) is 0 Å². The van der Waals surface area contributed by atoms with Crippen LogP contribution in [0.5, 0.6) is 0 Å². The molecule has 3 aromatic rings. The molecule has 0 atom stereocenters. The molecule has 1 aliphatic heterocycles. The van der Waals surface area contributed by atoms with E-state index in [-0.39, 0.29) is 66.2 Å². The lowest BCUT2D eigenvalue weighted by molar-refractivity contribution is -0.116. The van der Waals surface area contributed by atoms with Gasteiger partial charge < -0.3 is 16.0 Å². The van der Waals surface area contributed by atoms with E-state index in [4.69, 9.17) is 63.1 Å². The molecule has 0 saturated carbocycles.